The van der Waals surface area contributed by atoms with Gasteiger partial charge in [-0.25, -0.2) is 4.39 Å². The van der Waals surface area contributed by atoms with Crippen molar-refractivity contribution in [2.45, 2.75) is 25.4 Å². The number of aromatic nitrogens is 2. The molecule has 0 radical (unpaired) electrons. The molecule has 1 N–H and O–H groups in total. The van der Waals surface area contributed by atoms with Gasteiger partial charge in [0.2, 0.25) is 5.91 Å². The highest BCUT2D eigenvalue weighted by Crippen LogP contribution is 2.26. The van der Waals surface area contributed by atoms with E-state index in [1.165, 1.54) is 19.2 Å². The van der Waals surface area contributed by atoms with E-state index in [0.29, 0.717) is 5.56 Å². The summed E-state index contributed by atoms with van der Waals surface area (Å²) in [7, 11) is 1.28. The Kier molecular flexibility index (Phi) is 5.21. The Bertz CT molecular complexity index is 968. The van der Waals surface area contributed by atoms with Crippen molar-refractivity contribution in [3.05, 3.63) is 66.1 Å². The molecule has 0 aliphatic carbocycles. The highest BCUT2D eigenvalue weighted by atomic mass is 19.1. The zero-order chi connectivity index (χ0) is 19.4. The quantitative estimate of drug-likeness (QED) is 0.678. The molecular formula is C20H20FN3O3. The van der Waals surface area contributed by atoms with E-state index in [1.54, 1.807) is 29.9 Å². The Morgan fingerprint density at radius 3 is 2.59 bits per heavy atom. The van der Waals surface area contributed by atoms with Crippen LogP contribution in [0.4, 0.5) is 4.39 Å². The van der Waals surface area contributed by atoms with Crippen LogP contribution in [0, 0.1) is 5.82 Å². The number of halogens is 1. The second-order valence-corrected chi connectivity index (χ2v) is 6.50. The lowest BCUT2D eigenvalue weighted by Gasteiger charge is -2.30. The fourth-order valence-electron chi connectivity index (χ4n) is 3.03. The zero-order valence-corrected chi connectivity index (χ0v) is 15.1. The number of esters is 1. The molecule has 1 amide bonds. The predicted octanol–water partition coefficient (Wildman–Crippen LogP) is 2.77. The van der Waals surface area contributed by atoms with Crippen molar-refractivity contribution >= 4 is 22.8 Å². The fourth-order valence-corrected chi connectivity index (χ4v) is 3.03. The number of hydrogen-bond acceptors (Lipinski definition) is 4. The number of hydrogen-bond donors (Lipinski definition) is 1. The Morgan fingerprint density at radius 2 is 1.89 bits per heavy atom. The summed E-state index contributed by atoms with van der Waals surface area (Å²) in [5.74, 6) is -1.19. The largest absolute Gasteiger partial charge is 0.469 e. The van der Waals surface area contributed by atoms with Crippen LogP contribution in [0.5, 0.6) is 0 Å². The molecule has 0 aliphatic rings. The van der Waals surface area contributed by atoms with E-state index in [4.69, 9.17) is 4.74 Å². The number of methoxy groups -OCH3 is 1. The van der Waals surface area contributed by atoms with Crippen LogP contribution in [0.2, 0.25) is 0 Å². The van der Waals surface area contributed by atoms with Crippen molar-refractivity contribution < 1.29 is 18.7 Å². The summed E-state index contributed by atoms with van der Waals surface area (Å²) in [6.45, 7) is 1.70. The maximum absolute atomic E-state index is 13.3. The monoisotopic (exact) mass is 369 g/mol. The number of fused-ring (bicyclic) bond motifs is 1. The summed E-state index contributed by atoms with van der Waals surface area (Å²) in [5.41, 5.74) is 0.401. The van der Waals surface area contributed by atoms with Gasteiger partial charge in [0, 0.05) is 5.39 Å². The van der Waals surface area contributed by atoms with Crippen LogP contribution >= 0.6 is 0 Å². The van der Waals surface area contributed by atoms with Gasteiger partial charge in [0.05, 0.1) is 30.8 Å². The lowest BCUT2D eigenvalue weighted by molar-refractivity contribution is -0.142. The first-order chi connectivity index (χ1) is 12.9. The van der Waals surface area contributed by atoms with Crippen LogP contribution in [0.1, 0.15) is 18.9 Å². The minimum atomic E-state index is -1.04. The van der Waals surface area contributed by atoms with Gasteiger partial charge in [-0.15, -0.1) is 0 Å². The van der Waals surface area contributed by atoms with E-state index in [2.05, 4.69) is 10.4 Å². The standard InChI is InChI=1S/C20H20FN3O3/c1-20(11-19(26)27-2,15-7-9-16(21)10-8-15)23-18(25)13-24-17-6-4-3-5-14(17)12-22-24/h3-10,12H,11,13H2,1-2H3,(H,23,25)/t20-/m1/s1. The predicted molar refractivity (Wildman–Crippen MR) is 98.3 cm³/mol. The van der Waals surface area contributed by atoms with Crippen molar-refractivity contribution in [1.29, 1.82) is 0 Å². The molecule has 3 aromatic rings. The zero-order valence-electron chi connectivity index (χ0n) is 15.1. The number of carbonyl (C=O) groups excluding carboxylic acids is 2. The molecule has 140 valence electrons. The molecule has 0 bridgehead atoms. The van der Waals surface area contributed by atoms with Gasteiger partial charge in [-0.3, -0.25) is 14.3 Å². The van der Waals surface area contributed by atoms with Crippen molar-refractivity contribution in [2.24, 2.45) is 0 Å². The second kappa shape index (κ2) is 7.57. The van der Waals surface area contributed by atoms with Gasteiger partial charge in [-0.05, 0) is 30.7 Å². The highest BCUT2D eigenvalue weighted by molar-refractivity contribution is 5.83. The molecule has 7 heteroatoms. The van der Waals surface area contributed by atoms with Gasteiger partial charge in [0.25, 0.3) is 0 Å². The third-order valence-corrected chi connectivity index (χ3v) is 4.47. The number of rotatable bonds is 6. The van der Waals surface area contributed by atoms with Crippen molar-refractivity contribution in [1.82, 2.24) is 15.1 Å². The molecule has 2 aromatic carbocycles. The van der Waals surface area contributed by atoms with Gasteiger partial charge in [-0.1, -0.05) is 30.3 Å². The van der Waals surface area contributed by atoms with Crippen LogP contribution < -0.4 is 5.32 Å². The molecule has 0 spiro atoms. The summed E-state index contributed by atoms with van der Waals surface area (Å²) < 4.78 is 19.6. The summed E-state index contributed by atoms with van der Waals surface area (Å²) in [6, 6.07) is 13.2. The first kappa shape index (κ1) is 18.6. The number of nitrogens with zero attached hydrogens (tertiary/aromatic N) is 2. The maximum atomic E-state index is 13.3. The minimum absolute atomic E-state index is 0.00846. The molecule has 1 heterocycles. The lowest BCUT2D eigenvalue weighted by atomic mass is 9.88. The summed E-state index contributed by atoms with van der Waals surface area (Å²) in [4.78, 5) is 24.6. The van der Waals surface area contributed by atoms with Gasteiger partial charge >= 0.3 is 5.97 Å². The SMILES string of the molecule is COC(=O)C[C@@](C)(NC(=O)Cn1ncc2ccccc21)c1ccc(F)cc1. The van der Waals surface area contributed by atoms with Crippen molar-refractivity contribution in [3.8, 4) is 0 Å². The summed E-state index contributed by atoms with van der Waals surface area (Å²) in [6.07, 6.45) is 1.61. The minimum Gasteiger partial charge on any atom is -0.469 e. The van der Waals surface area contributed by atoms with Crippen LogP contribution in [-0.2, 0) is 26.4 Å². The lowest BCUT2D eigenvalue weighted by Crippen LogP contribution is -2.46. The molecule has 1 aromatic heterocycles. The van der Waals surface area contributed by atoms with E-state index in [-0.39, 0.29) is 18.9 Å². The number of amides is 1. The van der Waals surface area contributed by atoms with Crippen LogP contribution in [0.3, 0.4) is 0 Å². The maximum Gasteiger partial charge on any atom is 0.308 e. The first-order valence-electron chi connectivity index (χ1n) is 8.46. The first-order valence-corrected chi connectivity index (χ1v) is 8.46. The summed E-state index contributed by atoms with van der Waals surface area (Å²) >= 11 is 0. The van der Waals surface area contributed by atoms with Crippen molar-refractivity contribution in [2.75, 3.05) is 7.11 Å². The van der Waals surface area contributed by atoms with Gasteiger partial charge in [0.15, 0.2) is 0 Å². The third-order valence-electron chi connectivity index (χ3n) is 4.47. The van der Waals surface area contributed by atoms with Crippen LogP contribution in [0.15, 0.2) is 54.7 Å². The number of carbonyl (C=O) groups is 2. The smallest absolute Gasteiger partial charge is 0.308 e. The normalized spacial score (nSPS) is 13.1. The topological polar surface area (TPSA) is 73.2 Å². The fraction of sp³-hybridized carbons (Fsp3) is 0.250. The van der Waals surface area contributed by atoms with Crippen molar-refractivity contribution in [3.63, 3.8) is 0 Å². The molecule has 0 unspecified atom stereocenters. The molecule has 0 saturated carbocycles. The van der Waals surface area contributed by atoms with Crippen LogP contribution in [-0.4, -0.2) is 28.8 Å². The Morgan fingerprint density at radius 1 is 1.19 bits per heavy atom. The Balaban J connectivity index is 1.83. The average Bonchev–Trinajstić information content (AvgIpc) is 3.04. The van der Waals surface area contributed by atoms with Gasteiger partial charge in [0.1, 0.15) is 12.4 Å². The third kappa shape index (κ3) is 4.13. The van der Waals surface area contributed by atoms with E-state index in [0.717, 1.165) is 10.9 Å². The summed E-state index contributed by atoms with van der Waals surface area (Å²) in [5, 5.41) is 8.05. The molecule has 27 heavy (non-hydrogen) atoms. The second-order valence-electron chi connectivity index (χ2n) is 6.50. The number of para-hydroxylation sites is 1. The Hall–Kier alpha value is -3.22. The molecule has 0 aliphatic heterocycles. The molecule has 1 atom stereocenters. The number of benzene rings is 2. The average molecular weight is 369 g/mol. The van der Waals surface area contributed by atoms with Crippen LogP contribution in [0.25, 0.3) is 10.9 Å². The molecule has 6 nitrogen and oxygen atoms in total. The number of ether oxygens (including phenoxy) is 1. The number of nitrogens with one attached hydrogen (secondary N) is 1. The molecule has 0 saturated heterocycles. The Labute approximate surface area is 155 Å². The van der Waals surface area contributed by atoms with E-state index in [1.807, 2.05) is 24.3 Å². The molecule has 3 rings (SSSR count). The van der Waals surface area contributed by atoms with E-state index in [9.17, 15) is 14.0 Å². The van der Waals surface area contributed by atoms with Gasteiger partial charge < -0.3 is 10.1 Å². The molecular weight excluding hydrogens is 349 g/mol. The molecule has 0 fully saturated rings. The van der Waals surface area contributed by atoms with E-state index >= 15 is 0 Å². The van der Waals surface area contributed by atoms with E-state index < -0.39 is 17.3 Å². The van der Waals surface area contributed by atoms with Gasteiger partial charge in [-0.2, -0.15) is 5.10 Å². The highest BCUT2D eigenvalue weighted by Gasteiger charge is 2.32.